The highest BCUT2D eigenvalue weighted by Gasteiger charge is 2.25. The lowest BCUT2D eigenvalue weighted by molar-refractivity contribution is 0.104. The Morgan fingerprint density at radius 2 is 2.06 bits per heavy atom. The smallest absolute Gasteiger partial charge is 0.407 e. The van der Waals surface area contributed by atoms with Gasteiger partial charge in [0, 0.05) is 45.8 Å². The summed E-state index contributed by atoms with van der Waals surface area (Å²) in [6.07, 6.45) is 1.43. The molecular weight excluding hydrogens is 206 g/mol. The molecule has 92 valence electrons. The molecule has 5 nitrogen and oxygen atoms in total. The van der Waals surface area contributed by atoms with Crippen molar-refractivity contribution in [1.29, 1.82) is 0 Å². The molecule has 0 spiro atoms. The Labute approximate surface area is 96.4 Å². The van der Waals surface area contributed by atoms with Crippen molar-refractivity contribution in [1.82, 2.24) is 15.1 Å². The molecule has 2 aliphatic rings. The van der Waals surface area contributed by atoms with Crippen LogP contribution in [0.4, 0.5) is 4.79 Å². The molecule has 16 heavy (non-hydrogen) atoms. The minimum atomic E-state index is -0.759. The van der Waals surface area contributed by atoms with Crippen molar-refractivity contribution in [2.45, 2.75) is 12.8 Å². The molecule has 0 radical (unpaired) electrons. The van der Waals surface area contributed by atoms with Crippen LogP contribution < -0.4 is 5.32 Å². The number of piperazine rings is 1. The highest BCUT2D eigenvalue weighted by atomic mass is 16.4. The van der Waals surface area contributed by atoms with Gasteiger partial charge in [-0.3, -0.25) is 0 Å². The van der Waals surface area contributed by atoms with E-state index in [1.165, 1.54) is 6.42 Å². The Hall–Kier alpha value is -0.810. The van der Waals surface area contributed by atoms with Gasteiger partial charge in [-0.25, -0.2) is 4.79 Å². The molecule has 0 bridgehead atoms. The van der Waals surface area contributed by atoms with Gasteiger partial charge < -0.3 is 20.2 Å². The molecule has 0 unspecified atom stereocenters. The molecule has 2 rings (SSSR count). The van der Waals surface area contributed by atoms with Crippen molar-refractivity contribution in [3.05, 3.63) is 0 Å². The number of carbonyl (C=O) groups is 1. The molecule has 1 amide bonds. The van der Waals surface area contributed by atoms with E-state index in [0.29, 0.717) is 12.5 Å². The molecule has 0 aromatic carbocycles. The van der Waals surface area contributed by atoms with Crippen LogP contribution in [-0.4, -0.2) is 66.8 Å². The van der Waals surface area contributed by atoms with E-state index in [9.17, 15) is 4.79 Å². The van der Waals surface area contributed by atoms with Gasteiger partial charge in [0.1, 0.15) is 0 Å². The van der Waals surface area contributed by atoms with E-state index in [4.69, 9.17) is 5.11 Å². The summed E-state index contributed by atoms with van der Waals surface area (Å²) in [4.78, 5) is 14.9. The van der Waals surface area contributed by atoms with E-state index in [2.05, 4.69) is 10.2 Å². The number of nitrogens with one attached hydrogen (secondary N) is 1. The second-order valence-corrected chi connectivity index (χ2v) is 4.79. The van der Waals surface area contributed by atoms with Gasteiger partial charge in [-0.15, -0.1) is 0 Å². The first-order chi connectivity index (χ1) is 7.75. The zero-order valence-electron chi connectivity index (χ0n) is 9.69. The lowest BCUT2D eigenvalue weighted by Gasteiger charge is -2.35. The van der Waals surface area contributed by atoms with E-state index >= 15 is 0 Å². The number of piperidine rings is 1. The van der Waals surface area contributed by atoms with Crippen LogP contribution in [0.15, 0.2) is 0 Å². The Kier molecular flexibility index (Phi) is 4.01. The molecule has 0 aliphatic carbocycles. The second kappa shape index (κ2) is 5.50. The topological polar surface area (TPSA) is 55.8 Å². The number of likely N-dealkylation sites (tertiary alicyclic amines) is 1. The highest BCUT2D eigenvalue weighted by Crippen LogP contribution is 2.17. The zero-order chi connectivity index (χ0) is 11.4. The standard InChI is InChI=1S/C11H21N3O2/c15-11(16)14-5-1-2-10(9-14)8-13-6-3-12-4-7-13/h10,12H,1-9H2,(H,15,16)/t10-/m0/s1. The van der Waals surface area contributed by atoms with Crippen molar-refractivity contribution in [3.63, 3.8) is 0 Å². The zero-order valence-corrected chi connectivity index (χ0v) is 9.69. The van der Waals surface area contributed by atoms with E-state index < -0.39 is 6.09 Å². The van der Waals surface area contributed by atoms with Gasteiger partial charge in [0.15, 0.2) is 0 Å². The lowest BCUT2D eigenvalue weighted by atomic mass is 9.97. The summed E-state index contributed by atoms with van der Waals surface area (Å²) in [5, 5.41) is 12.3. The van der Waals surface area contributed by atoms with E-state index in [1.807, 2.05) is 0 Å². The SMILES string of the molecule is O=C(O)N1CCC[C@@H](CN2CCNCC2)C1. The third kappa shape index (κ3) is 3.09. The Morgan fingerprint density at radius 3 is 2.75 bits per heavy atom. The molecule has 2 N–H and O–H groups in total. The molecule has 5 heteroatoms. The largest absolute Gasteiger partial charge is 0.465 e. The molecule has 2 aliphatic heterocycles. The third-order valence-electron chi connectivity index (χ3n) is 3.52. The van der Waals surface area contributed by atoms with E-state index in [1.54, 1.807) is 4.90 Å². The van der Waals surface area contributed by atoms with Crippen LogP contribution in [0.1, 0.15) is 12.8 Å². The van der Waals surface area contributed by atoms with Crippen LogP contribution in [0.2, 0.25) is 0 Å². The maximum Gasteiger partial charge on any atom is 0.407 e. The van der Waals surface area contributed by atoms with Crippen LogP contribution in [0.3, 0.4) is 0 Å². The van der Waals surface area contributed by atoms with Gasteiger partial charge in [-0.2, -0.15) is 0 Å². The summed E-state index contributed by atoms with van der Waals surface area (Å²) in [6.45, 7) is 6.83. The normalized spacial score (nSPS) is 28.0. The molecular formula is C11H21N3O2. The van der Waals surface area contributed by atoms with Crippen LogP contribution >= 0.6 is 0 Å². The van der Waals surface area contributed by atoms with Crippen LogP contribution in [-0.2, 0) is 0 Å². The van der Waals surface area contributed by atoms with Crippen molar-refractivity contribution in [2.75, 3.05) is 45.8 Å². The second-order valence-electron chi connectivity index (χ2n) is 4.79. The van der Waals surface area contributed by atoms with Gasteiger partial charge in [0.25, 0.3) is 0 Å². The number of rotatable bonds is 2. The average molecular weight is 227 g/mol. The van der Waals surface area contributed by atoms with Gasteiger partial charge in [0.2, 0.25) is 0 Å². The van der Waals surface area contributed by atoms with Crippen LogP contribution in [0.5, 0.6) is 0 Å². The van der Waals surface area contributed by atoms with E-state index in [0.717, 1.165) is 45.7 Å². The van der Waals surface area contributed by atoms with Gasteiger partial charge >= 0.3 is 6.09 Å². The summed E-state index contributed by atoms with van der Waals surface area (Å²) in [6, 6.07) is 0. The average Bonchev–Trinajstić information content (AvgIpc) is 2.30. The first-order valence-electron chi connectivity index (χ1n) is 6.16. The fraction of sp³-hybridized carbons (Fsp3) is 0.909. The first kappa shape index (κ1) is 11.7. The molecule has 2 heterocycles. The Balaban J connectivity index is 1.78. The molecule has 0 aromatic rings. The van der Waals surface area contributed by atoms with Gasteiger partial charge in [0.05, 0.1) is 0 Å². The number of nitrogens with zero attached hydrogens (tertiary/aromatic N) is 2. The quantitative estimate of drug-likeness (QED) is 0.711. The Bertz CT molecular complexity index is 241. The summed E-state index contributed by atoms with van der Waals surface area (Å²) in [5.41, 5.74) is 0. The van der Waals surface area contributed by atoms with E-state index in [-0.39, 0.29) is 0 Å². The highest BCUT2D eigenvalue weighted by molar-refractivity contribution is 5.65. The molecule has 0 saturated carbocycles. The number of carboxylic acid groups (broad SMARTS) is 1. The lowest BCUT2D eigenvalue weighted by Crippen LogP contribution is -2.48. The molecule has 2 fully saturated rings. The summed E-state index contributed by atoms with van der Waals surface area (Å²) >= 11 is 0. The Morgan fingerprint density at radius 1 is 1.31 bits per heavy atom. The number of hydrogen-bond acceptors (Lipinski definition) is 3. The predicted molar refractivity (Wildman–Crippen MR) is 61.6 cm³/mol. The maximum atomic E-state index is 10.9. The summed E-state index contributed by atoms with van der Waals surface area (Å²) in [7, 11) is 0. The van der Waals surface area contributed by atoms with Crippen molar-refractivity contribution >= 4 is 6.09 Å². The van der Waals surface area contributed by atoms with Crippen LogP contribution in [0, 0.1) is 5.92 Å². The minimum Gasteiger partial charge on any atom is -0.465 e. The van der Waals surface area contributed by atoms with Gasteiger partial charge in [-0.1, -0.05) is 0 Å². The monoisotopic (exact) mass is 227 g/mol. The van der Waals surface area contributed by atoms with Crippen LogP contribution in [0.25, 0.3) is 0 Å². The number of hydrogen-bond donors (Lipinski definition) is 2. The van der Waals surface area contributed by atoms with Gasteiger partial charge in [-0.05, 0) is 18.8 Å². The summed E-state index contributed by atoms with van der Waals surface area (Å²) in [5.74, 6) is 0.531. The van der Waals surface area contributed by atoms with Crippen molar-refractivity contribution < 1.29 is 9.90 Å². The predicted octanol–water partition coefficient (Wildman–Crippen LogP) is 0.282. The molecule has 2 saturated heterocycles. The summed E-state index contributed by atoms with van der Waals surface area (Å²) < 4.78 is 0. The number of amides is 1. The fourth-order valence-electron chi connectivity index (χ4n) is 2.65. The van der Waals surface area contributed by atoms with Crippen molar-refractivity contribution in [3.8, 4) is 0 Å². The molecule has 1 atom stereocenters. The molecule has 0 aromatic heterocycles. The van der Waals surface area contributed by atoms with Crippen molar-refractivity contribution in [2.24, 2.45) is 5.92 Å². The fourth-order valence-corrected chi connectivity index (χ4v) is 2.65. The minimum absolute atomic E-state index is 0.531. The first-order valence-corrected chi connectivity index (χ1v) is 6.16. The maximum absolute atomic E-state index is 10.9. The third-order valence-corrected chi connectivity index (χ3v) is 3.52.